The fourth-order valence-corrected chi connectivity index (χ4v) is 2.40. The number of nitrogens with one attached hydrogen (secondary N) is 1. The van der Waals surface area contributed by atoms with E-state index in [9.17, 15) is 4.79 Å². The second kappa shape index (κ2) is 3.00. The van der Waals surface area contributed by atoms with Crippen LogP contribution < -0.4 is 5.32 Å². The molecule has 2 rings (SSSR count). The molecule has 0 aromatic heterocycles. The van der Waals surface area contributed by atoms with Crippen molar-refractivity contribution in [2.75, 3.05) is 6.54 Å². The Bertz CT molecular complexity index is 180. The van der Waals surface area contributed by atoms with E-state index in [2.05, 4.69) is 5.32 Å². The summed E-state index contributed by atoms with van der Waals surface area (Å²) in [6.07, 6.45) is 9.65. The summed E-state index contributed by atoms with van der Waals surface area (Å²) in [5.74, 6) is 0.150. The van der Waals surface area contributed by atoms with Crippen molar-refractivity contribution in [3.05, 3.63) is 6.42 Å². The Morgan fingerprint density at radius 1 is 1.17 bits per heavy atom. The molecule has 0 unspecified atom stereocenters. The molecule has 0 aromatic carbocycles. The fourth-order valence-electron chi connectivity index (χ4n) is 2.40. The molecular weight excluding hydrogens is 150 g/mol. The molecule has 0 radical (unpaired) electrons. The van der Waals surface area contributed by atoms with Gasteiger partial charge in [0, 0.05) is 0 Å². The normalized spacial score (nSPS) is 27.8. The second-order valence-electron chi connectivity index (χ2n) is 4.14. The molecule has 2 fully saturated rings. The minimum atomic E-state index is 0.150. The van der Waals surface area contributed by atoms with E-state index in [1.165, 1.54) is 38.5 Å². The first kappa shape index (κ1) is 7.96. The first-order valence-corrected chi connectivity index (χ1v) is 4.95. The van der Waals surface area contributed by atoms with Gasteiger partial charge in [-0.25, -0.2) is 4.79 Å². The predicted molar refractivity (Wildman–Crippen MR) is 47.4 cm³/mol. The third-order valence-electron chi connectivity index (χ3n) is 3.15. The first-order chi connectivity index (χ1) is 5.81. The molecule has 0 aromatic rings. The molecule has 1 amide bonds. The van der Waals surface area contributed by atoms with Crippen LogP contribution in [0.25, 0.3) is 0 Å². The van der Waals surface area contributed by atoms with Crippen molar-refractivity contribution in [3.8, 4) is 0 Å². The highest BCUT2D eigenvalue weighted by Crippen LogP contribution is 2.39. The summed E-state index contributed by atoms with van der Waals surface area (Å²) in [5, 5.41) is 2.91. The van der Waals surface area contributed by atoms with Crippen LogP contribution in [0.5, 0.6) is 0 Å². The Morgan fingerprint density at radius 3 is 2.33 bits per heavy atom. The lowest BCUT2D eigenvalue weighted by molar-refractivity contribution is -0.116. The van der Waals surface area contributed by atoms with Crippen LogP contribution in [0.2, 0.25) is 0 Å². The molecule has 1 aliphatic heterocycles. The van der Waals surface area contributed by atoms with Gasteiger partial charge in [0.25, 0.3) is 0 Å². The summed E-state index contributed by atoms with van der Waals surface area (Å²) < 4.78 is 0. The Balaban J connectivity index is 2.03. The van der Waals surface area contributed by atoms with Crippen LogP contribution >= 0.6 is 0 Å². The maximum absolute atomic E-state index is 11.1. The number of carbonyl (C=O) groups excluding carboxylic acids is 1. The number of hydrogen-bond donors (Lipinski definition) is 1. The molecule has 12 heavy (non-hydrogen) atoms. The Morgan fingerprint density at radius 2 is 1.83 bits per heavy atom. The lowest BCUT2D eigenvalue weighted by Gasteiger charge is -2.15. The van der Waals surface area contributed by atoms with Crippen molar-refractivity contribution in [2.45, 2.75) is 38.5 Å². The summed E-state index contributed by atoms with van der Waals surface area (Å²) in [5.41, 5.74) is 0.244. The molecule has 66 valence electrons. The molecule has 1 aliphatic carbocycles. The highest BCUT2D eigenvalue weighted by Gasteiger charge is 2.47. The van der Waals surface area contributed by atoms with Gasteiger partial charge in [-0.1, -0.05) is 12.8 Å². The highest BCUT2D eigenvalue weighted by atomic mass is 16.1. The SMILES string of the molecule is O=C1[CH+]C2(CCCCCC2)CN1. The van der Waals surface area contributed by atoms with E-state index in [0.29, 0.717) is 0 Å². The van der Waals surface area contributed by atoms with Crippen LogP contribution in [0.1, 0.15) is 38.5 Å². The lowest BCUT2D eigenvalue weighted by atomic mass is 9.80. The number of rotatable bonds is 0. The van der Waals surface area contributed by atoms with Crippen LogP contribution in [-0.4, -0.2) is 12.5 Å². The first-order valence-electron chi connectivity index (χ1n) is 4.95. The standard InChI is InChI=1S/C10H15NO/c12-9-7-10(8-11-9)5-3-1-2-4-6-10/h7H,1-6,8H2/p+1. The molecular formula is C10H16NO+. The Labute approximate surface area is 73.7 Å². The van der Waals surface area contributed by atoms with Crippen LogP contribution in [0.3, 0.4) is 0 Å². The zero-order chi connectivity index (χ0) is 8.44. The highest BCUT2D eigenvalue weighted by molar-refractivity contribution is 5.88. The summed E-state index contributed by atoms with van der Waals surface area (Å²) in [6.45, 7) is 0.895. The third kappa shape index (κ3) is 1.43. The van der Waals surface area contributed by atoms with E-state index in [1.807, 2.05) is 6.42 Å². The molecule has 2 heteroatoms. The molecule has 1 heterocycles. The van der Waals surface area contributed by atoms with Gasteiger partial charge in [-0.2, -0.15) is 0 Å². The summed E-state index contributed by atoms with van der Waals surface area (Å²) in [7, 11) is 0. The molecule has 1 spiro atoms. The summed E-state index contributed by atoms with van der Waals surface area (Å²) in [6, 6.07) is 0. The number of hydrogen-bond acceptors (Lipinski definition) is 1. The minimum absolute atomic E-state index is 0.150. The van der Waals surface area contributed by atoms with E-state index in [1.54, 1.807) is 0 Å². The second-order valence-corrected chi connectivity index (χ2v) is 4.14. The molecule has 1 N–H and O–H groups in total. The van der Waals surface area contributed by atoms with Gasteiger partial charge < -0.3 is 5.32 Å². The minimum Gasteiger partial charge on any atom is -0.311 e. The topological polar surface area (TPSA) is 29.1 Å². The maximum Gasteiger partial charge on any atom is 0.402 e. The van der Waals surface area contributed by atoms with Crippen LogP contribution in [0.15, 0.2) is 0 Å². The average molecular weight is 166 g/mol. The average Bonchev–Trinajstić information content (AvgIpc) is 2.30. The summed E-state index contributed by atoms with van der Waals surface area (Å²) in [4.78, 5) is 11.1. The maximum atomic E-state index is 11.1. The van der Waals surface area contributed by atoms with E-state index >= 15 is 0 Å². The Kier molecular flexibility index (Phi) is 1.99. The zero-order valence-electron chi connectivity index (χ0n) is 7.44. The molecule has 2 aliphatic rings. The molecule has 0 atom stereocenters. The van der Waals surface area contributed by atoms with Crippen molar-refractivity contribution >= 4 is 5.91 Å². The smallest absolute Gasteiger partial charge is 0.311 e. The number of amides is 1. The van der Waals surface area contributed by atoms with Crippen LogP contribution in [0.4, 0.5) is 0 Å². The van der Waals surface area contributed by atoms with Gasteiger partial charge in [-0.05, 0) is 25.7 Å². The summed E-state index contributed by atoms with van der Waals surface area (Å²) >= 11 is 0. The van der Waals surface area contributed by atoms with Gasteiger partial charge in [0.2, 0.25) is 0 Å². The lowest BCUT2D eigenvalue weighted by Crippen LogP contribution is -2.23. The van der Waals surface area contributed by atoms with Crippen molar-refractivity contribution in [2.24, 2.45) is 5.41 Å². The van der Waals surface area contributed by atoms with Gasteiger partial charge in [-0.3, -0.25) is 0 Å². The van der Waals surface area contributed by atoms with Crippen molar-refractivity contribution in [1.82, 2.24) is 5.32 Å². The quantitative estimate of drug-likeness (QED) is 0.545. The van der Waals surface area contributed by atoms with Crippen LogP contribution in [-0.2, 0) is 4.79 Å². The van der Waals surface area contributed by atoms with Gasteiger partial charge in [0.15, 0.2) is 6.42 Å². The van der Waals surface area contributed by atoms with E-state index in [-0.39, 0.29) is 11.3 Å². The third-order valence-corrected chi connectivity index (χ3v) is 3.15. The van der Waals surface area contributed by atoms with E-state index in [0.717, 1.165) is 6.54 Å². The predicted octanol–water partition coefficient (Wildman–Crippen LogP) is 1.66. The molecule has 1 saturated heterocycles. The van der Waals surface area contributed by atoms with Gasteiger partial charge in [-0.15, -0.1) is 0 Å². The molecule has 0 bridgehead atoms. The van der Waals surface area contributed by atoms with Crippen LogP contribution in [0, 0.1) is 11.8 Å². The monoisotopic (exact) mass is 166 g/mol. The zero-order valence-corrected chi connectivity index (χ0v) is 7.44. The van der Waals surface area contributed by atoms with E-state index < -0.39 is 0 Å². The molecule has 1 saturated carbocycles. The largest absolute Gasteiger partial charge is 0.402 e. The van der Waals surface area contributed by atoms with Crippen molar-refractivity contribution in [1.29, 1.82) is 0 Å². The van der Waals surface area contributed by atoms with Crippen molar-refractivity contribution in [3.63, 3.8) is 0 Å². The van der Waals surface area contributed by atoms with E-state index in [4.69, 9.17) is 0 Å². The van der Waals surface area contributed by atoms with Gasteiger partial charge in [0.1, 0.15) is 5.41 Å². The van der Waals surface area contributed by atoms with Crippen molar-refractivity contribution < 1.29 is 4.79 Å². The number of carbonyl (C=O) groups is 1. The van der Waals surface area contributed by atoms with Gasteiger partial charge in [0.05, 0.1) is 6.54 Å². The molecule has 2 nitrogen and oxygen atoms in total. The fraction of sp³-hybridized carbons (Fsp3) is 0.800. The Hall–Kier alpha value is -0.660. The van der Waals surface area contributed by atoms with Gasteiger partial charge >= 0.3 is 5.91 Å².